The number of aromatic nitrogens is 5. The molecule has 450 valence electrons. The molecule has 0 saturated heterocycles. The molecule has 0 bridgehead atoms. The average molecular weight is 1250 g/mol. The Balaban J connectivity index is 0.763. The number of para-hydroxylation sites is 7. The van der Waals surface area contributed by atoms with Crippen LogP contribution in [-0.2, 0) is 0 Å². The Morgan fingerprint density at radius 2 is 0.643 bits per heavy atom. The van der Waals surface area contributed by atoms with Crippen LogP contribution in [0.5, 0.6) is 0 Å². The van der Waals surface area contributed by atoms with E-state index in [1.165, 1.54) is 98.0 Å². The van der Waals surface area contributed by atoms with Crippen LogP contribution in [0.1, 0.15) is 0 Å². The molecule has 0 aliphatic rings. The van der Waals surface area contributed by atoms with E-state index in [1.54, 1.807) is 0 Å². The molecule has 0 N–H and O–H groups in total. The van der Waals surface area contributed by atoms with Crippen molar-refractivity contribution in [1.29, 1.82) is 0 Å². The van der Waals surface area contributed by atoms with Crippen molar-refractivity contribution in [3.05, 3.63) is 285 Å². The van der Waals surface area contributed by atoms with Crippen molar-refractivity contribution in [2.45, 2.75) is 0 Å². The van der Waals surface area contributed by atoms with Gasteiger partial charge in [0.1, 0.15) is 33.5 Å². The molecule has 0 aliphatic heterocycles. The molecule has 98 heavy (non-hydrogen) atoms. The number of rotatable bonds is 4. The lowest BCUT2D eigenvalue weighted by Crippen LogP contribution is -1.95. The fourth-order valence-corrected chi connectivity index (χ4v) is 18.5. The Hall–Kier alpha value is -13.3. The molecular weight excluding hydrogens is 1200 g/mol. The lowest BCUT2D eigenvalue weighted by Gasteiger charge is -2.11. The van der Waals surface area contributed by atoms with Gasteiger partial charge < -0.3 is 35.8 Å². The van der Waals surface area contributed by atoms with Gasteiger partial charge in [-0.05, 0) is 139 Å². The van der Waals surface area contributed by atoms with Crippen LogP contribution in [0.4, 0.5) is 0 Å². The van der Waals surface area contributed by atoms with Crippen LogP contribution in [0.25, 0.3) is 236 Å². The summed E-state index contributed by atoms with van der Waals surface area (Å²) < 4.78 is 33.5. The number of hydrogen-bond acceptors (Lipinski definition) is 3. The maximum Gasteiger partial charge on any atom is 0.145 e. The fraction of sp³-hybridized carbons (Fsp3) is 0. The summed E-state index contributed by atoms with van der Waals surface area (Å²) in [4.78, 5) is 0. The molecular formula is C90H47N5O3. The monoisotopic (exact) mass is 1250 g/mol. The van der Waals surface area contributed by atoms with Gasteiger partial charge in [-0.15, -0.1) is 0 Å². The molecule has 10 heterocycles. The second-order valence-electron chi connectivity index (χ2n) is 26.9. The Kier molecular flexibility index (Phi) is 8.98. The smallest absolute Gasteiger partial charge is 0.145 e. The summed E-state index contributed by atoms with van der Waals surface area (Å²) in [6, 6.07) is 105. The Morgan fingerprint density at radius 3 is 1.35 bits per heavy atom. The van der Waals surface area contributed by atoms with Gasteiger partial charge in [-0.3, -0.25) is 0 Å². The molecule has 0 spiro atoms. The summed E-state index contributed by atoms with van der Waals surface area (Å²) in [6.45, 7) is 0. The Morgan fingerprint density at radius 1 is 0.184 bits per heavy atom. The predicted octanol–water partition coefficient (Wildman–Crippen LogP) is 24.6. The minimum atomic E-state index is 0.839. The highest BCUT2D eigenvalue weighted by molar-refractivity contribution is 6.43. The normalized spacial score (nSPS) is 12.9. The van der Waals surface area contributed by atoms with Crippen LogP contribution in [0.15, 0.2) is 298 Å². The molecule has 8 heteroatoms. The predicted molar refractivity (Wildman–Crippen MR) is 406 cm³/mol. The van der Waals surface area contributed by atoms with E-state index in [4.69, 9.17) is 13.3 Å². The minimum absolute atomic E-state index is 0.839. The van der Waals surface area contributed by atoms with Crippen LogP contribution in [0, 0.1) is 0 Å². The van der Waals surface area contributed by atoms with Gasteiger partial charge in [-0.2, -0.15) is 0 Å². The van der Waals surface area contributed by atoms with Crippen LogP contribution < -0.4 is 0 Å². The second kappa shape index (κ2) is 17.5. The van der Waals surface area contributed by atoms with Crippen molar-refractivity contribution in [1.82, 2.24) is 22.5 Å². The van der Waals surface area contributed by atoms with E-state index in [-0.39, 0.29) is 0 Å². The van der Waals surface area contributed by atoms with E-state index >= 15 is 0 Å². The van der Waals surface area contributed by atoms with E-state index in [2.05, 4.69) is 302 Å². The zero-order chi connectivity index (χ0) is 63.1. The molecule has 0 unspecified atom stereocenters. The van der Waals surface area contributed by atoms with Gasteiger partial charge >= 0.3 is 0 Å². The maximum absolute atomic E-state index is 7.18. The quantitative estimate of drug-likeness (QED) is 0.176. The average Bonchev–Trinajstić information content (AvgIpc) is 1.50. The van der Waals surface area contributed by atoms with E-state index in [9.17, 15) is 0 Å². The zero-order valence-corrected chi connectivity index (χ0v) is 52.1. The third-order valence-corrected chi connectivity index (χ3v) is 22.3. The van der Waals surface area contributed by atoms with E-state index < -0.39 is 0 Å². The molecule has 0 fully saturated rings. The van der Waals surface area contributed by atoms with Crippen LogP contribution in [0.3, 0.4) is 0 Å². The lowest BCUT2D eigenvalue weighted by atomic mass is 9.99. The van der Waals surface area contributed by atoms with Gasteiger partial charge in [-0.1, -0.05) is 158 Å². The van der Waals surface area contributed by atoms with Gasteiger partial charge in [0.05, 0.1) is 77.0 Å². The zero-order valence-electron chi connectivity index (χ0n) is 52.1. The second-order valence-corrected chi connectivity index (χ2v) is 26.9. The Bertz CT molecular complexity index is 7900. The summed E-state index contributed by atoms with van der Waals surface area (Å²) in [5.74, 6) is 0. The number of fused-ring (bicyclic) bond motifs is 36. The SMILES string of the molecule is c1ccc(-n2c3ccccc3c3c4c5c6c(ccc5n5c7ccc8c9ccccc9n(-c9ccccc9)c8c7c(cc32)c45)c2ccc(-c3ccc4oc5c(ccc7c5c5cc8oc9ccccc9c8c8c9c%10oc%11ccccc%11c%10ccc9n7c58)c4c3)cc2n6-c2ccccc2)cc1. The molecule has 0 amide bonds. The topological polar surface area (TPSA) is 63.0 Å². The third-order valence-electron chi connectivity index (χ3n) is 22.3. The summed E-state index contributed by atoms with van der Waals surface area (Å²) in [7, 11) is 0. The molecule has 0 aliphatic carbocycles. The van der Waals surface area contributed by atoms with Crippen molar-refractivity contribution in [3.8, 4) is 28.2 Å². The van der Waals surface area contributed by atoms with Crippen molar-refractivity contribution >= 4 is 207 Å². The van der Waals surface area contributed by atoms with Gasteiger partial charge in [0.15, 0.2) is 0 Å². The summed E-state index contributed by atoms with van der Waals surface area (Å²) in [6.07, 6.45) is 0. The summed E-state index contributed by atoms with van der Waals surface area (Å²) in [5.41, 5.74) is 24.7. The summed E-state index contributed by atoms with van der Waals surface area (Å²) in [5, 5.41) is 23.2. The van der Waals surface area contributed by atoms with Crippen LogP contribution in [0.2, 0.25) is 0 Å². The largest absolute Gasteiger partial charge is 0.456 e. The molecule has 15 aromatic carbocycles. The highest BCUT2D eigenvalue weighted by Crippen LogP contribution is 2.54. The van der Waals surface area contributed by atoms with Gasteiger partial charge in [-0.25, -0.2) is 0 Å². The summed E-state index contributed by atoms with van der Waals surface area (Å²) >= 11 is 0. The van der Waals surface area contributed by atoms with Crippen LogP contribution in [-0.4, -0.2) is 22.5 Å². The van der Waals surface area contributed by atoms with Gasteiger partial charge in [0, 0.05) is 114 Å². The molecule has 0 atom stereocenters. The minimum Gasteiger partial charge on any atom is -0.456 e. The first-order valence-electron chi connectivity index (χ1n) is 33.6. The maximum atomic E-state index is 7.18. The standard InChI is InChI=1S/C90H47N5O3/c1-4-18-50(19-5-1)91-66-29-15-11-26-60(66)77-72(91)46-63-78-67(39-35-56-53-24-10-14-28-65(53)92(85(56)78)51-20-6-2-7-21-51)94-69-40-36-57-54-34-32-49(45-71(54)93(52-22-8-3-9-23-52)86(57)81(69)83(77)87(63)94)48-33-43-75-62(44-48)59-38-41-68-79(89(59)98-75)64-47-76-80(61-27-13-17-31-74(61)96-76)84-82-70(95(68)88(64)84)42-37-58-55-25-12-16-30-73(55)97-90(58)82/h1-47H. The highest BCUT2D eigenvalue weighted by Gasteiger charge is 2.32. The van der Waals surface area contributed by atoms with Crippen molar-refractivity contribution in [2.75, 3.05) is 0 Å². The molecule has 10 aromatic heterocycles. The van der Waals surface area contributed by atoms with E-state index in [0.717, 1.165) is 138 Å². The van der Waals surface area contributed by atoms with Crippen molar-refractivity contribution in [3.63, 3.8) is 0 Å². The van der Waals surface area contributed by atoms with E-state index in [1.807, 2.05) is 6.07 Å². The number of nitrogens with zero attached hydrogens (tertiary/aromatic N) is 5. The molecule has 8 nitrogen and oxygen atoms in total. The number of hydrogen-bond donors (Lipinski definition) is 0. The highest BCUT2D eigenvalue weighted by atomic mass is 16.3. The molecule has 25 aromatic rings. The fourth-order valence-electron chi connectivity index (χ4n) is 18.5. The van der Waals surface area contributed by atoms with Gasteiger partial charge in [0.2, 0.25) is 0 Å². The number of benzene rings is 15. The number of furan rings is 3. The first-order chi connectivity index (χ1) is 48.7. The third kappa shape index (κ3) is 5.95. The van der Waals surface area contributed by atoms with Crippen LogP contribution >= 0.6 is 0 Å². The van der Waals surface area contributed by atoms with Gasteiger partial charge in [0.25, 0.3) is 0 Å². The lowest BCUT2D eigenvalue weighted by molar-refractivity contribution is 0.669. The van der Waals surface area contributed by atoms with E-state index in [0.29, 0.717) is 0 Å². The Labute approximate surface area is 553 Å². The first kappa shape index (κ1) is 50.2. The molecule has 0 saturated carbocycles. The molecule has 0 radical (unpaired) electrons. The molecule has 25 rings (SSSR count). The first-order valence-corrected chi connectivity index (χ1v) is 33.6. The van der Waals surface area contributed by atoms with Crippen molar-refractivity contribution in [2.24, 2.45) is 0 Å². The van der Waals surface area contributed by atoms with Crippen molar-refractivity contribution < 1.29 is 13.3 Å².